The van der Waals surface area contributed by atoms with Crippen LogP contribution in [0, 0.1) is 19.8 Å². The predicted octanol–water partition coefficient (Wildman–Crippen LogP) is 1.23. The van der Waals surface area contributed by atoms with E-state index in [1.165, 1.54) is 0 Å². The van der Waals surface area contributed by atoms with Crippen molar-refractivity contribution in [1.29, 1.82) is 0 Å². The number of hydrogen-bond acceptors (Lipinski definition) is 4. The van der Waals surface area contributed by atoms with E-state index in [4.69, 9.17) is 5.11 Å². The number of nitrogens with one attached hydrogen (secondary N) is 1. The van der Waals surface area contributed by atoms with E-state index in [2.05, 4.69) is 15.3 Å². The zero-order valence-electron chi connectivity index (χ0n) is 9.11. The Bertz CT molecular complexity index is 345. The van der Waals surface area contributed by atoms with E-state index < -0.39 is 11.9 Å². The van der Waals surface area contributed by atoms with Gasteiger partial charge in [-0.2, -0.15) is 0 Å². The highest BCUT2D eigenvalue weighted by molar-refractivity contribution is 5.70. The van der Waals surface area contributed by atoms with Gasteiger partial charge < -0.3 is 10.4 Å². The van der Waals surface area contributed by atoms with Crippen molar-refractivity contribution in [2.45, 2.75) is 20.8 Å². The van der Waals surface area contributed by atoms with E-state index in [-0.39, 0.29) is 0 Å². The molecule has 0 amide bonds. The van der Waals surface area contributed by atoms with Crippen molar-refractivity contribution < 1.29 is 9.90 Å². The summed E-state index contributed by atoms with van der Waals surface area (Å²) in [5, 5.41) is 11.6. The number of rotatable bonds is 4. The Morgan fingerprint density at radius 1 is 1.47 bits per heavy atom. The topological polar surface area (TPSA) is 75.1 Å². The highest BCUT2D eigenvalue weighted by atomic mass is 16.4. The lowest BCUT2D eigenvalue weighted by molar-refractivity contribution is -0.140. The van der Waals surface area contributed by atoms with Crippen LogP contribution in [0.2, 0.25) is 0 Å². The molecule has 0 aromatic carbocycles. The van der Waals surface area contributed by atoms with Crippen LogP contribution in [-0.2, 0) is 4.79 Å². The van der Waals surface area contributed by atoms with Gasteiger partial charge in [0.15, 0.2) is 0 Å². The summed E-state index contributed by atoms with van der Waals surface area (Å²) >= 11 is 0. The van der Waals surface area contributed by atoms with E-state index in [1.807, 2.05) is 19.9 Å². The maximum Gasteiger partial charge on any atom is 0.308 e. The zero-order valence-corrected chi connectivity index (χ0v) is 9.11. The fraction of sp³-hybridized carbons (Fsp3) is 0.500. The van der Waals surface area contributed by atoms with Crippen LogP contribution in [0.3, 0.4) is 0 Å². The molecule has 0 aliphatic rings. The summed E-state index contributed by atoms with van der Waals surface area (Å²) in [6, 6.07) is 1.87. The Balaban J connectivity index is 2.61. The number of aromatic nitrogens is 2. The van der Waals surface area contributed by atoms with Gasteiger partial charge in [-0.1, -0.05) is 6.92 Å². The Kier molecular flexibility index (Phi) is 3.60. The molecule has 0 saturated carbocycles. The smallest absolute Gasteiger partial charge is 0.308 e. The summed E-state index contributed by atoms with van der Waals surface area (Å²) in [7, 11) is 0. The molecule has 1 aromatic heterocycles. The number of nitrogens with zero attached hydrogens (tertiary/aromatic N) is 2. The molecular weight excluding hydrogens is 194 g/mol. The Morgan fingerprint density at radius 3 is 2.47 bits per heavy atom. The summed E-state index contributed by atoms with van der Waals surface area (Å²) in [5.74, 6) is -0.790. The SMILES string of the molecule is Cc1cc(C)nc(NCC(C)C(=O)O)n1. The molecule has 5 heteroatoms. The second-order valence-electron chi connectivity index (χ2n) is 3.59. The number of aliphatic carboxylic acids is 1. The van der Waals surface area contributed by atoms with Crippen molar-refractivity contribution >= 4 is 11.9 Å². The minimum absolute atomic E-state index is 0.332. The number of hydrogen-bond donors (Lipinski definition) is 2. The van der Waals surface area contributed by atoms with E-state index in [9.17, 15) is 4.79 Å². The van der Waals surface area contributed by atoms with Crippen molar-refractivity contribution in [3.05, 3.63) is 17.5 Å². The van der Waals surface area contributed by atoms with Gasteiger partial charge in [-0.05, 0) is 19.9 Å². The Morgan fingerprint density at radius 2 is 2.00 bits per heavy atom. The van der Waals surface area contributed by atoms with Gasteiger partial charge in [-0.25, -0.2) is 9.97 Å². The molecule has 1 heterocycles. The van der Waals surface area contributed by atoms with Crippen molar-refractivity contribution in [1.82, 2.24) is 9.97 Å². The standard InChI is InChI=1S/C10H15N3O2/c1-6(9(14)15)5-11-10-12-7(2)4-8(3)13-10/h4,6H,5H2,1-3H3,(H,14,15)(H,11,12,13). The molecule has 5 nitrogen and oxygen atoms in total. The summed E-state index contributed by atoms with van der Waals surface area (Å²) in [5.41, 5.74) is 1.74. The lowest BCUT2D eigenvalue weighted by atomic mass is 10.2. The van der Waals surface area contributed by atoms with E-state index >= 15 is 0 Å². The minimum Gasteiger partial charge on any atom is -0.481 e. The van der Waals surface area contributed by atoms with Gasteiger partial charge in [-0.3, -0.25) is 4.79 Å². The quantitative estimate of drug-likeness (QED) is 0.780. The highest BCUT2D eigenvalue weighted by Crippen LogP contribution is 2.04. The molecule has 0 aliphatic carbocycles. The maximum atomic E-state index is 10.6. The normalized spacial score (nSPS) is 12.2. The fourth-order valence-electron chi connectivity index (χ4n) is 1.14. The second-order valence-corrected chi connectivity index (χ2v) is 3.59. The maximum absolute atomic E-state index is 10.6. The molecule has 1 aromatic rings. The molecular formula is C10H15N3O2. The molecule has 82 valence electrons. The van der Waals surface area contributed by atoms with E-state index in [0.29, 0.717) is 12.5 Å². The first kappa shape index (κ1) is 11.4. The number of carbonyl (C=O) groups is 1. The van der Waals surface area contributed by atoms with Crippen LogP contribution in [0.15, 0.2) is 6.07 Å². The molecule has 0 radical (unpaired) electrons. The Hall–Kier alpha value is -1.65. The monoisotopic (exact) mass is 209 g/mol. The molecule has 0 spiro atoms. The molecule has 0 aliphatic heterocycles. The van der Waals surface area contributed by atoms with E-state index in [1.54, 1.807) is 6.92 Å². The van der Waals surface area contributed by atoms with Gasteiger partial charge >= 0.3 is 5.97 Å². The summed E-state index contributed by atoms with van der Waals surface area (Å²) < 4.78 is 0. The first-order valence-corrected chi connectivity index (χ1v) is 4.78. The van der Waals surface area contributed by atoms with Crippen LogP contribution >= 0.6 is 0 Å². The first-order valence-electron chi connectivity index (χ1n) is 4.78. The summed E-state index contributed by atoms with van der Waals surface area (Å²) in [6.45, 7) is 5.72. The van der Waals surface area contributed by atoms with Gasteiger partial charge in [0.1, 0.15) is 0 Å². The second kappa shape index (κ2) is 4.72. The number of anilines is 1. The van der Waals surface area contributed by atoms with Crippen LogP contribution in [0.4, 0.5) is 5.95 Å². The average molecular weight is 209 g/mol. The fourth-order valence-corrected chi connectivity index (χ4v) is 1.14. The average Bonchev–Trinajstić information content (AvgIpc) is 2.12. The summed E-state index contributed by atoms with van der Waals surface area (Å²) in [6.07, 6.45) is 0. The van der Waals surface area contributed by atoms with Crippen LogP contribution < -0.4 is 5.32 Å². The third kappa shape index (κ3) is 3.53. The van der Waals surface area contributed by atoms with E-state index in [0.717, 1.165) is 11.4 Å². The number of aryl methyl sites for hydroxylation is 2. The number of carboxylic acid groups (broad SMARTS) is 1. The molecule has 15 heavy (non-hydrogen) atoms. The van der Waals surface area contributed by atoms with Gasteiger partial charge in [0.05, 0.1) is 5.92 Å². The van der Waals surface area contributed by atoms with Crippen molar-refractivity contribution in [2.24, 2.45) is 5.92 Å². The molecule has 1 atom stereocenters. The van der Waals surface area contributed by atoms with Crippen molar-refractivity contribution in [2.75, 3.05) is 11.9 Å². The largest absolute Gasteiger partial charge is 0.481 e. The Labute approximate surface area is 88.6 Å². The van der Waals surface area contributed by atoms with Gasteiger partial charge in [-0.15, -0.1) is 0 Å². The van der Waals surface area contributed by atoms with Crippen LogP contribution in [-0.4, -0.2) is 27.6 Å². The first-order chi connectivity index (χ1) is 6.99. The summed E-state index contributed by atoms with van der Waals surface area (Å²) in [4.78, 5) is 18.9. The van der Waals surface area contributed by atoms with Crippen LogP contribution in [0.1, 0.15) is 18.3 Å². The lowest BCUT2D eigenvalue weighted by Gasteiger charge is -2.08. The van der Waals surface area contributed by atoms with Crippen LogP contribution in [0.25, 0.3) is 0 Å². The predicted molar refractivity (Wildman–Crippen MR) is 56.8 cm³/mol. The lowest BCUT2D eigenvalue weighted by Crippen LogP contribution is -2.20. The van der Waals surface area contributed by atoms with Crippen molar-refractivity contribution in [3.8, 4) is 0 Å². The third-order valence-electron chi connectivity index (χ3n) is 1.97. The molecule has 0 fully saturated rings. The molecule has 2 N–H and O–H groups in total. The third-order valence-corrected chi connectivity index (χ3v) is 1.97. The van der Waals surface area contributed by atoms with Gasteiger partial charge in [0.25, 0.3) is 0 Å². The van der Waals surface area contributed by atoms with Gasteiger partial charge in [0.2, 0.25) is 5.95 Å². The number of carboxylic acids is 1. The highest BCUT2D eigenvalue weighted by Gasteiger charge is 2.10. The van der Waals surface area contributed by atoms with Crippen molar-refractivity contribution in [3.63, 3.8) is 0 Å². The molecule has 1 unspecified atom stereocenters. The molecule has 0 bridgehead atoms. The van der Waals surface area contributed by atoms with Gasteiger partial charge in [0, 0.05) is 17.9 Å². The molecule has 0 saturated heterocycles. The zero-order chi connectivity index (χ0) is 11.4. The van der Waals surface area contributed by atoms with Crippen LogP contribution in [0.5, 0.6) is 0 Å². The molecule has 1 rings (SSSR count). The minimum atomic E-state index is -0.827.